The third-order valence-electron chi connectivity index (χ3n) is 5.50. The molecule has 1 aliphatic rings. The van der Waals surface area contributed by atoms with Crippen LogP contribution in [-0.4, -0.2) is 66.3 Å². The number of nitrogens with one attached hydrogen (secondary N) is 2. The molecule has 1 saturated heterocycles. The largest absolute Gasteiger partial charge is 0.379 e. The second-order valence-electron chi connectivity index (χ2n) is 7.38. The molecule has 0 saturated carbocycles. The predicted octanol–water partition coefficient (Wildman–Crippen LogP) is 2.17. The quantitative estimate of drug-likeness (QED) is 0.723. The van der Waals surface area contributed by atoms with Crippen LogP contribution in [0, 0.1) is 13.8 Å². The van der Waals surface area contributed by atoms with E-state index in [1.165, 1.54) is 5.56 Å². The number of fused-ring (bicyclic) bond motifs is 1. The number of hydrogen-bond donors (Lipinski definition) is 2. The fourth-order valence-corrected chi connectivity index (χ4v) is 3.77. The van der Waals surface area contributed by atoms with E-state index in [4.69, 9.17) is 17.0 Å². The van der Waals surface area contributed by atoms with Crippen LogP contribution >= 0.6 is 12.2 Å². The summed E-state index contributed by atoms with van der Waals surface area (Å²) < 4.78 is 5.40. The molecule has 152 valence electrons. The minimum absolute atomic E-state index is 0.0433. The third kappa shape index (κ3) is 4.90. The number of hydrogen-bond acceptors (Lipinski definition) is 4. The van der Waals surface area contributed by atoms with Crippen LogP contribution < -0.4 is 10.9 Å². The van der Waals surface area contributed by atoms with E-state index < -0.39 is 0 Å². The van der Waals surface area contributed by atoms with Crippen LogP contribution in [0.2, 0.25) is 0 Å². The number of ether oxygens (including phenoxy) is 1. The highest BCUT2D eigenvalue weighted by Gasteiger charge is 2.15. The van der Waals surface area contributed by atoms with Crippen molar-refractivity contribution < 1.29 is 4.74 Å². The Balaban J connectivity index is 1.73. The number of aromatic nitrogens is 1. The third-order valence-corrected chi connectivity index (χ3v) is 5.96. The summed E-state index contributed by atoms with van der Waals surface area (Å²) in [4.78, 5) is 20.3. The summed E-state index contributed by atoms with van der Waals surface area (Å²) in [6.45, 7) is 10.0. The van der Waals surface area contributed by atoms with Crippen LogP contribution in [0.1, 0.15) is 23.1 Å². The zero-order valence-corrected chi connectivity index (χ0v) is 17.8. The van der Waals surface area contributed by atoms with Crippen molar-refractivity contribution in [1.29, 1.82) is 0 Å². The summed E-state index contributed by atoms with van der Waals surface area (Å²) >= 11 is 5.49. The fraction of sp³-hybridized carbons (Fsp3) is 0.524. The Morgan fingerprint density at radius 3 is 2.79 bits per heavy atom. The van der Waals surface area contributed by atoms with Crippen LogP contribution in [-0.2, 0) is 11.3 Å². The molecule has 0 radical (unpaired) electrons. The molecule has 0 bridgehead atoms. The lowest BCUT2D eigenvalue weighted by Gasteiger charge is -2.29. The van der Waals surface area contributed by atoms with Gasteiger partial charge in [0.25, 0.3) is 5.56 Å². The first-order valence-corrected chi connectivity index (χ1v) is 10.3. The van der Waals surface area contributed by atoms with Crippen LogP contribution in [0.25, 0.3) is 10.9 Å². The van der Waals surface area contributed by atoms with Gasteiger partial charge in [-0.3, -0.25) is 9.69 Å². The summed E-state index contributed by atoms with van der Waals surface area (Å²) in [5.41, 5.74) is 3.91. The smallest absolute Gasteiger partial charge is 0.253 e. The first kappa shape index (κ1) is 20.8. The lowest BCUT2D eigenvalue weighted by atomic mass is 10.0. The molecule has 1 fully saturated rings. The van der Waals surface area contributed by atoms with Crippen molar-refractivity contribution in [3.05, 3.63) is 45.2 Å². The van der Waals surface area contributed by atoms with Crippen molar-refractivity contribution in [2.24, 2.45) is 0 Å². The van der Waals surface area contributed by atoms with E-state index >= 15 is 0 Å². The fourth-order valence-electron chi connectivity index (χ4n) is 3.61. The molecule has 1 aliphatic heterocycles. The van der Waals surface area contributed by atoms with E-state index in [1.54, 1.807) is 0 Å². The Labute approximate surface area is 171 Å². The minimum atomic E-state index is -0.0433. The predicted molar refractivity (Wildman–Crippen MR) is 118 cm³/mol. The average molecular weight is 403 g/mol. The number of rotatable bonds is 6. The number of H-pyrrole nitrogens is 1. The maximum absolute atomic E-state index is 12.7. The lowest BCUT2D eigenvalue weighted by molar-refractivity contribution is 0.0367. The van der Waals surface area contributed by atoms with Gasteiger partial charge in [0.1, 0.15) is 0 Å². The van der Waals surface area contributed by atoms with Gasteiger partial charge < -0.3 is 19.9 Å². The Morgan fingerprint density at radius 1 is 1.32 bits per heavy atom. The van der Waals surface area contributed by atoms with Crippen molar-refractivity contribution in [1.82, 2.24) is 20.1 Å². The number of nitrogens with zero attached hydrogens (tertiary/aromatic N) is 2. The summed E-state index contributed by atoms with van der Waals surface area (Å²) in [5, 5.41) is 4.78. The van der Waals surface area contributed by atoms with Gasteiger partial charge in [0.15, 0.2) is 5.11 Å². The molecule has 0 aliphatic carbocycles. The van der Waals surface area contributed by atoms with Crippen LogP contribution in [0.3, 0.4) is 0 Å². The summed E-state index contributed by atoms with van der Waals surface area (Å²) in [5.74, 6) is 0. The molecule has 3 rings (SSSR count). The van der Waals surface area contributed by atoms with Gasteiger partial charge >= 0.3 is 0 Å². The molecular formula is C21H30N4O2S. The Hall–Kier alpha value is -1.96. The number of aryl methyl sites for hydroxylation is 2. The van der Waals surface area contributed by atoms with Crippen molar-refractivity contribution in [3.63, 3.8) is 0 Å². The summed E-state index contributed by atoms with van der Waals surface area (Å²) in [7, 11) is 1.83. The van der Waals surface area contributed by atoms with Crippen molar-refractivity contribution >= 4 is 28.2 Å². The maximum Gasteiger partial charge on any atom is 0.253 e. The van der Waals surface area contributed by atoms with Crippen molar-refractivity contribution in [2.45, 2.75) is 26.8 Å². The summed E-state index contributed by atoms with van der Waals surface area (Å²) in [6, 6.07) is 6.15. The lowest BCUT2D eigenvalue weighted by Crippen LogP contribution is -2.41. The molecule has 1 aromatic carbocycles. The second-order valence-corrected chi connectivity index (χ2v) is 7.77. The monoisotopic (exact) mass is 402 g/mol. The van der Waals surface area contributed by atoms with E-state index in [-0.39, 0.29) is 5.56 Å². The molecule has 2 N–H and O–H groups in total. The van der Waals surface area contributed by atoms with Crippen molar-refractivity contribution in [2.75, 3.05) is 46.4 Å². The molecule has 2 aromatic rings. The highest BCUT2D eigenvalue weighted by molar-refractivity contribution is 7.80. The molecule has 0 spiro atoms. The maximum atomic E-state index is 12.7. The molecular weight excluding hydrogens is 372 g/mol. The number of pyridine rings is 1. The number of morpholine rings is 1. The molecule has 1 aromatic heterocycles. The normalized spacial score (nSPS) is 15.0. The Bertz CT molecular complexity index is 890. The Kier molecular flexibility index (Phi) is 7.04. The molecule has 0 amide bonds. The standard InChI is InChI=1S/C21H30N4O2S/c1-15-5-6-17-13-18(20(26)23-19(17)16(15)2)14-25(21(28)22-3)8-4-7-24-9-11-27-12-10-24/h5-6,13H,4,7-12,14H2,1-3H3,(H,22,28)(H,23,26). The second kappa shape index (κ2) is 9.49. The molecule has 2 heterocycles. The SMILES string of the molecule is CNC(=S)N(CCCN1CCOCC1)Cc1cc2ccc(C)c(C)c2[nH]c1=O. The molecule has 0 atom stereocenters. The summed E-state index contributed by atoms with van der Waals surface area (Å²) in [6.07, 6.45) is 0.992. The highest BCUT2D eigenvalue weighted by Crippen LogP contribution is 2.19. The number of aromatic amines is 1. The zero-order valence-electron chi connectivity index (χ0n) is 17.0. The van der Waals surface area contributed by atoms with E-state index in [1.807, 2.05) is 20.0 Å². The van der Waals surface area contributed by atoms with E-state index in [0.29, 0.717) is 11.7 Å². The van der Waals surface area contributed by atoms with Gasteiger partial charge in [0.2, 0.25) is 0 Å². The van der Waals surface area contributed by atoms with Crippen LogP contribution in [0.5, 0.6) is 0 Å². The zero-order chi connectivity index (χ0) is 20.1. The minimum Gasteiger partial charge on any atom is -0.379 e. The van der Waals surface area contributed by atoms with Gasteiger partial charge in [-0.1, -0.05) is 12.1 Å². The molecule has 28 heavy (non-hydrogen) atoms. The van der Waals surface area contributed by atoms with E-state index in [2.05, 4.69) is 39.2 Å². The molecule has 6 nitrogen and oxygen atoms in total. The first-order valence-electron chi connectivity index (χ1n) is 9.88. The van der Waals surface area contributed by atoms with E-state index in [0.717, 1.165) is 67.8 Å². The molecule has 0 unspecified atom stereocenters. The van der Waals surface area contributed by atoms with Gasteiger partial charge in [-0.25, -0.2) is 0 Å². The average Bonchev–Trinajstić information content (AvgIpc) is 2.71. The van der Waals surface area contributed by atoms with Crippen molar-refractivity contribution in [3.8, 4) is 0 Å². The van der Waals surface area contributed by atoms with Crippen LogP contribution in [0.15, 0.2) is 23.0 Å². The van der Waals surface area contributed by atoms with Gasteiger partial charge in [0, 0.05) is 38.8 Å². The van der Waals surface area contributed by atoms with E-state index in [9.17, 15) is 4.79 Å². The Morgan fingerprint density at radius 2 is 2.07 bits per heavy atom. The highest BCUT2D eigenvalue weighted by atomic mass is 32.1. The number of benzene rings is 1. The van der Waals surface area contributed by atoms with Crippen LogP contribution in [0.4, 0.5) is 0 Å². The number of thiocarbonyl (C=S) groups is 1. The molecule has 7 heteroatoms. The van der Waals surface area contributed by atoms with Gasteiger partial charge in [-0.15, -0.1) is 0 Å². The topological polar surface area (TPSA) is 60.6 Å². The van der Waals surface area contributed by atoms with Gasteiger partial charge in [-0.2, -0.15) is 0 Å². The van der Waals surface area contributed by atoms with Gasteiger partial charge in [-0.05, 0) is 55.1 Å². The first-order chi connectivity index (χ1) is 13.5. The van der Waals surface area contributed by atoms with Gasteiger partial charge in [0.05, 0.1) is 25.3 Å².